The Morgan fingerprint density at radius 1 is 1.22 bits per heavy atom. The third-order valence-electron chi connectivity index (χ3n) is 4.06. The molecule has 120 valence electrons. The SMILES string of the molecule is O=C(c1cccc(-n2ccnn2)c1)N1CCC(O)(C(=O)O)CC1. The zero-order valence-corrected chi connectivity index (χ0v) is 12.3. The molecule has 0 unspecified atom stereocenters. The van der Waals surface area contributed by atoms with Gasteiger partial charge >= 0.3 is 5.97 Å². The van der Waals surface area contributed by atoms with Crippen molar-refractivity contribution in [3.8, 4) is 5.69 Å². The van der Waals surface area contributed by atoms with Crippen LogP contribution in [0.15, 0.2) is 36.7 Å². The van der Waals surface area contributed by atoms with Crippen molar-refractivity contribution < 1.29 is 19.8 Å². The van der Waals surface area contributed by atoms with Crippen LogP contribution in [0.1, 0.15) is 23.2 Å². The summed E-state index contributed by atoms with van der Waals surface area (Å²) in [5.41, 5.74) is -0.537. The number of hydrogen-bond donors (Lipinski definition) is 2. The number of carbonyl (C=O) groups is 2. The van der Waals surface area contributed by atoms with Crippen LogP contribution in [0.5, 0.6) is 0 Å². The highest BCUT2D eigenvalue weighted by atomic mass is 16.4. The summed E-state index contributed by atoms with van der Waals surface area (Å²) in [5, 5.41) is 26.6. The van der Waals surface area contributed by atoms with E-state index in [1.54, 1.807) is 40.2 Å². The Morgan fingerprint density at radius 3 is 2.57 bits per heavy atom. The van der Waals surface area contributed by atoms with Crippen molar-refractivity contribution in [2.24, 2.45) is 0 Å². The summed E-state index contributed by atoms with van der Waals surface area (Å²) in [6.07, 6.45) is 3.27. The van der Waals surface area contributed by atoms with Crippen molar-refractivity contribution in [2.75, 3.05) is 13.1 Å². The van der Waals surface area contributed by atoms with Crippen molar-refractivity contribution in [1.82, 2.24) is 19.9 Å². The topological polar surface area (TPSA) is 109 Å². The third kappa shape index (κ3) is 2.93. The van der Waals surface area contributed by atoms with Gasteiger partial charge in [-0.25, -0.2) is 9.48 Å². The van der Waals surface area contributed by atoms with Crippen LogP contribution in [0, 0.1) is 0 Å². The minimum absolute atomic E-state index is 0.0246. The quantitative estimate of drug-likeness (QED) is 0.844. The van der Waals surface area contributed by atoms with Gasteiger partial charge in [-0.1, -0.05) is 11.3 Å². The molecule has 3 rings (SSSR count). The molecule has 2 aromatic rings. The van der Waals surface area contributed by atoms with Crippen molar-refractivity contribution in [2.45, 2.75) is 18.4 Å². The molecule has 8 nitrogen and oxygen atoms in total. The maximum absolute atomic E-state index is 12.6. The number of aromatic nitrogens is 3. The number of aliphatic carboxylic acids is 1. The van der Waals surface area contributed by atoms with Crippen molar-refractivity contribution >= 4 is 11.9 Å². The van der Waals surface area contributed by atoms with Gasteiger partial charge in [0.2, 0.25) is 0 Å². The standard InChI is InChI=1S/C15H16N4O4/c20-13(18-7-4-15(23,5-8-18)14(21)22)11-2-1-3-12(10-11)19-9-6-16-17-19/h1-3,6,9-10,23H,4-5,7-8H2,(H,21,22). The Kier molecular flexibility index (Phi) is 3.83. The van der Waals surface area contributed by atoms with Gasteiger partial charge in [0.1, 0.15) is 0 Å². The Bertz CT molecular complexity index is 721. The predicted molar refractivity (Wildman–Crippen MR) is 79.1 cm³/mol. The lowest BCUT2D eigenvalue weighted by Crippen LogP contribution is -2.50. The molecule has 1 aliphatic rings. The van der Waals surface area contributed by atoms with Gasteiger partial charge in [0.25, 0.3) is 5.91 Å². The zero-order chi connectivity index (χ0) is 16.4. The summed E-state index contributed by atoms with van der Waals surface area (Å²) in [5.74, 6) is -1.43. The number of carbonyl (C=O) groups excluding carboxylic acids is 1. The van der Waals surface area contributed by atoms with E-state index in [1.807, 2.05) is 6.07 Å². The Balaban J connectivity index is 1.75. The number of benzene rings is 1. The van der Waals surface area contributed by atoms with Gasteiger partial charge in [-0.05, 0) is 18.2 Å². The highest BCUT2D eigenvalue weighted by molar-refractivity contribution is 5.95. The van der Waals surface area contributed by atoms with Crippen molar-refractivity contribution in [3.63, 3.8) is 0 Å². The van der Waals surface area contributed by atoms with E-state index in [1.165, 1.54) is 0 Å². The third-order valence-corrected chi connectivity index (χ3v) is 4.06. The first-order valence-electron chi connectivity index (χ1n) is 7.21. The molecule has 2 heterocycles. The number of amides is 1. The average molecular weight is 316 g/mol. The average Bonchev–Trinajstić information content (AvgIpc) is 3.09. The van der Waals surface area contributed by atoms with E-state index in [4.69, 9.17) is 5.11 Å². The van der Waals surface area contributed by atoms with Gasteiger partial charge in [-0.15, -0.1) is 5.10 Å². The van der Waals surface area contributed by atoms with E-state index in [-0.39, 0.29) is 31.8 Å². The number of rotatable bonds is 3. The highest BCUT2D eigenvalue weighted by Crippen LogP contribution is 2.24. The van der Waals surface area contributed by atoms with Crippen LogP contribution < -0.4 is 0 Å². The van der Waals surface area contributed by atoms with Crippen molar-refractivity contribution in [3.05, 3.63) is 42.2 Å². The first kappa shape index (κ1) is 15.2. The van der Waals surface area contributed by atoms with Crippen LogP contribution >= 0.6 is 0 Å². The van der Waals surface area contributed by atoms with E-state index < -0.39 is 11.6 Å². The number of hydrogen-bond acceptors (Lipinski definition) is 5. The molecule has 1 aromatic heterocycles. The number of carboxylic acid groups (broad SMARTS) is 1. The van der Waals surface area contributed by atoms with Crippen molar-refractivity contribution in [1.29, 1.82) is 0 Å². The maximum atomic E-state index is 12.6. The maximum Gasteiger partial charge on any atom is 0.335 e. The second-order valence-electron chi connectivity index (χ2n) is 5.53. The van der Waals surface area contributed by atoms with Crippen LogP contribution in [-0.2, 0) is 4.79 Å². The molecule has 23 heavy (non-hydrogen) atoms. The van der Waals surface area contributed by atoms with Gasteiger partial charge in [0, 0.05) is 31.5 Å². The molecule has 0 radical (unpaired) electrons. The number of nitrogens with zero attached hydrogens (tertiary/aromatic N) is 4. The highest BCUT2D eigenvalue weighted by Gasteiger charge is 2.40. The first-order chi connectivity index (χ1) is 11.0. The Hall–Kier alpha value is -2.74. The van der Waals surface area contributed by atoms with Crippen LogP contribution in [0.25, 0.3) is 5.69 Å². The normalized spacial score (nSPS) is 17.0. The molecule has 1 aliphatic heterocycles. The molecular weight excluding hydrogens is 300 g/mol. The minimum atomic E-state index is -1.74. The van der Waals surface area contributed by atoms with E-state index in [2.05, 4.69) is 10.3 Å². The molecule has 0 bridgehead atoms. The first-order valence-corrected chi connectivity index (χ1v) is 7.21. The van der Waals surface area contributed by atoms with E-state index in [9.17, 15) is 14.7 Å². The molecule has 0 aliphatic carbocycles. The van der Waals surface area contributed by atoms with Gasteiger partial charge < -0.3 is 15.1 Å². The number of carboxylic acids is 1. The number of piperidine rings is 1. The fourth-order valence-corrected chi connectivity index (χ4v) is 2.60. The number of likely N-dealkylation sites (tertiary alicyclic amines) is 1. The second-order valence-corrected chi connectivity index (χ2v) is 5.53. The molecule has 1 fully saturated rings. The smallest absolute Gasteiger partial charge is 0.335 e. The van der Waals surface area contributed by atoms with E-state index >= 15 is 0 Å². The molecular formula is C15H16N4O4. The molecule has 0 saturated carbocycles. The summed E-state index contributed by atoms with van der Waals surface area (Å²) in [7, 11) is 0. The van der Waals surface area contributed by atoms with Crippen LogP contribution in [0.2, 0.25) is 0 Å². The fourth-order valence-electron chi connectivity index (χ4n) is 2.60. The molecule has 1 amide bonds. The van der Waals surface area contributed by atoms with Gasteiger partial charge in [0.15, 0.2) is 5.60 Å². The molecule has 0 atom stereocenters. The molecule has 1 aromatic carbocycles. The summed E-state index contributed by atoms with van der Waals surface area (Å²) in [6.45, 7) is 0.407. The summed E-state index contributed by atoms with van der Waals surface area (Å²) in [6, 6.07) is 6.96. The van der Waals surface area contributed by atoms with E-state index in [0.717, 1.165) is 0 Å². The summed E-state index contributed by atoms with van der Waals surface area (Å²) >= 11 is 0. The Morgan fingerprint density at radius 2 is 1.96 bits per heavy atom. The predicted octanol–water partition coefficient (Wildman–Crippen LogP) is 0.319. The molecule has 2 N–H and O–H groups in total. The molecule has 8 heteroatoms. The Labute approximate surface area is 132 Å². The molecule has 1 saturated heterocycles. The lowest BCUT2D eigenvalue weighted by atomic mass is 9.91. The lowest BCUT2D eigenvalue weighted by molar-refractivity contribution is -0.162. The van der Waals surface area contributed by atoms with E-state index in [0.29, 0.717) is 11.3 Å². The van der Waals surface area contributed by atoms with Crippen LogP contribution in [0.4, 0.5) is 0 Å². The van der Waals surface area contributed by atoms with Gasteiger partial charge in [0.05, 0.1) is 18.1 Å². The van der Waals surface area contributed by atoms with Gasteiger partial charge in [-0.2, -0.15) is 0 Å². The summed E-state index contributed by atoms with van der Waals surface area (Å²) in [4.78, 5) is 25.1. The summed E-state index contributed by atoms with van der Waals surface area (Å²) < 4.78 is 1.55. The lowest BCUT2D eigenvalue weighted by Gasteiger charge is -2.35. The second kappa shape index (κ2) is 5.81. The fraction of sp³-hybridized carbons (Fsp3) is 0.333. The van der Waals surface area contributed by atoms with Gasteiger partial charge in [-0.3, -0.25) is 4.79 Å². The number of aliphatic hydroxyl groups is 1. The largest absolute Gasteiger partial charge is 0.479 e. The molecule has 0 spiro atoms. The van der Waals surface area contributed by atoms with Crippen LogP contribution in [-0.4, -0.2) is 60.7 Å². The van der Waals surface area contributed by atoms with Crippen LogP contribution in [0.3, 0.4) is 0 Å². The zero-order valence-electron chi connectivity index (χ0n) is 12.3. The monoisotopic (exact) mass is 316 g/mol. The minimum Gasteiger partial charge on any atom is -0.479 e.